The normalized spacial score (nSPS) is 10.3. The highest BCUT2D eigenvalue weighted by atomic mass is 35.5. The largest absolute Gasteiger partial charge is 0.497 e. The lowest BCUT2D eigenvalue weighted by Crippen LogP contribution is -2.12. The van der Waals surface area contributed by atoms with E-state index in [4.69, 9.17) is 16.3 Å². The average Bonchev–Trinajstić information content (AvgIpc) is 2.67. The van der Waals surface area contributed by atoms with Gasteiger partial charge in [-0.2, -0.15) is 0 Å². The molecular weight excluding hydrogens is 350 g/mol. The Labute approximate surface area is 157 Å². The average molecular weight is 368 g/mol. The molecule has 1 aromatic heterocycles. The minimum atomic E-state index is -0.208. The number of halogens is 1. The second-order valence-corrected chi connectivity index (χ2v) is 6.06. The summed E-state index contributed by atoms with van der Waals surface area (Å²) in [6.45, 7) is 1.94. The van der Waals surface area contributed by atoms with E-state index >= 15 is 0 Å². The molecular formula is C20H18ClN3O2. The Kier molecular flexibility index (Phi) is 5.39. The van der Waals surface area contributed by atoms with Crippen LogP contribution in [0.4, 0.5) is 17.2 Å². The number of nitrogens with zero attached hydrogens (tertiary/aromatic N) is 1. The van der Waals surface area contributed by atoms with Gasteiger partial charge < -0.3 is 15.4 Å². The summed E-state index contributed by atoms with van der Waals surface area (Å²) in [5.74, 6) is 1.16. The number of pyridine rings is 1. The summed E-state index contributed by atoms with van der Waals surface area (Å²) < 4.78 is 5.09. The molecule has 0 fully saturated rings. The van der Waals surface area contributed by atoms with Crippen molar-refractivity contribution in [2.75, 3.05) is 17.7 Å². The fourth-order valence-electron chi connectivity index (χ4n) is 2.37. The number of ether oxygens (including phenoxy) is 1. The fraction of sp³-hybridized carbons (Fsp3) is 0.100. The summed E-state index contributed by atoms with van der Waals surface area (Å²) in [5, 5.41) is 6.72. The van der Waals surface area contributed by atoms with E-state index < -0.39 is 0 Å². The van der Waals surface area contributed by atoms with E-state index in [1.54, 1.807) is 49.7 Å². The number of nitrogens with one attached hydrogen (secondary N) is 2. The third-order valence-corrected chi connectivity index (χ3v) is 4.31. The van der Waals surface area contributed by atoms with E-state index in [0.717, 1.165) is 11.3 Å². The maximum absolute atomic E-state index is 12.3. The number of hydrogen-bond acceptors (Lipinski definition) is 4. The predicted octanol–water partition coefficient (Wildman–Crippen LogP) is 5.05. The highest BCUT2D eigenvalue weighted by Gasteiger charge is 2.07. The summed E-state index contributed by atoms with van der Waals surface area (Å²) in [4.78, 5) is 16.6. The molecule has 0 bridgehead atoms. The number of carbonyl (C=O) groups excluding carboxylic acids is 1. The standard InChI is InChI=1S/C20H18ClN3O2/c1-13-17(21)4-3-5-18(13)24-19-11-8-15(12-22-19)23-20(25)14-6-9-16(26-2)10-7-14/h3-12H,1-2H3,(H,22,24)(H,23,25). The fourth-order valence-corrected chi connectivity index (χ4v) is 2.54. The molecule has 2 aromatic carbocycles. The summed E-state index contributed by atoms with van der Waals surface area (Å²) >= 11 is 6.12. The maximum atomic E-state index is 12.3. The molecule has 0 aliphatic heterocycles. The lowest BCUT2D eigenvalue weighted by molar-refractivity contribution is 0.102. The molecule has 0 saturated heterocycles. The molecule has 2 N–H and O–H groups in total. The second-order valence-electron chi connectivity index (χ2n) is 5.65. The van der Waals surface area contributed by atoms with Gasteiger partial charge in [-0.05, 0) is 61.0 Å². The van der Waals surface area contributed by atoms with E-state index in [-0.39, 0.29) is 5.91 Å². The lowest BCUT2D eigenvalue weighted by Gasteiger charge is -2.11. The van der Waals surface area contributed by atoms with Gasteiger partial charge in [0.2, 0.25) is 0 Å². The van der Waals surface area contributed by atoms with E-state index in [1.807, 2.05) is 25.1 Å². The SMILES string of the molecule is COc1ccc(C(=O)Nc2ccc(Nc3cccc(Cl)c3C)nc2)cc1. The van der Waals surface area contributed by atoms with Gasteiger partial charge in [0.05, 0.1) is 19.0 Å². The van der Waals surface area contributed by atoms with Crippen molar-refractivity contribution in [3.05, 3.63) is 76.9 Å². The van der Waals surface area contributed by atoms with Crippen LogP contribution >= 0.6 is 11.6 Å². The number of hydrogen-bond donors (Lipinski definition) is 2. The first kappa shape index (κ1) is 17.8. The molecule has 0 spiro atoms. The van der Waals surface area contributed by atoms with E-state index in [1.165, 1.54) is 0 Å². The molecule has 0 aliphatic rings. The molecule has 132 valence electrons. The minimum absolute atomic E-state index is 0.208. The number of carbonyl (C=O) groups is 1. The molecule has 0 saturated carbocycles. The van der Waals surface area contributed by atoms with Crippen molar-refractivity contribution >= 4 is 34.7 Å². The zero-order valence-corrected chi connectivity index (χ0v) is 15.2. The summed E-state index contributed by atoms with van der Waals surface area (Å²) in [5.41, 5.74) is 3.00. The molecule has 0 unspecified atom stereocenters. The molecule has 0 atom stereocenters. The molecule has 6 heteroatoms. The summed E-state index contributed by atoms with van der Waals surface area (Å²) in [7, 11) is 1.58. The van der Waals surface area contributed by atoms with Crippen molar-refractivity contribution in [3.63, 3.8) is 0 Å². The van der Waals surface area contributed by atoms with Crippen LogP contribution in [0, 0.1) is 6.92 Å². The Morgan fingerprint density at radius 1 is 1.08 bits per heavy atom. The van der Waals surface area contributed by atoms with E-state index in [2.05, 4.69) is 15.6 Å². The second kappa shape index (κ2) is 7.89. The van der Waals surface area contributed by atoms with Crippen molar-refractivity contribution in [1.29, 1.82) is 0 Å². The third kappa shape index (κ3) is 4.13. The number of anilines is 3. The maximum Gasteiger partial charge on any atom is 0.255 e. The molecule has 0 radical (unpaired) electrons. The number of methoxy groups -OCH3 is 1. The van der Waals surface area contributed by atoms with Gasteiger partial charge in [-0.25, -0.2) is 4.98 Å². The van der Waals surface area contributed by atoms with Crippen molar-refractivity contribution in [2.45, 2.75) is 6.92 Å². The lowest BCUT2D eigenvalue weighted by atomic mass is 10.2. The topological polar surface area (TPSA) is 63.2 Å². The number of benzene rings is 2. The Morgan fingerprint density at radius 3 is 2.50 bits per heavy atom. The molecule has 1 amide bonds. The van der Waals surface area contributed by atoms with Crippen LogP contribution in [0.5, 0.6) is 5.75 Å². The first-order valence-corrected chi connectivity index (χ1v) is 8.38. The van der Waals surface area contributed by atoms with Crippen LogP contribution in [0.2, 0.25) is 5.02 Å². The van der Waals surface area contributed by atoms with Crippen molar-refractivity contribution in [1.82, 2.24) is 4.98 Å². The summed E-state index contributed by atoms with van der Waals surface area (Å²) in [6.07, 6.45) is 1.60. The highest BCUT2D eigenvalue weighted by molar-refractivity contribution is 6.31. The first-order valence-electron chi connectivity index (χ1n) is 8.00. The van der Waals surface area contributed by atoms with Crippen LogP contribution in [0.15, 0.2) is 60.8 Å². The molecule has 26 heavy (non-hydrogen) atoms. The van der Waals surface area contributed by atoms with Gasteiger partial charge in [-0.15, -0.1) is 0 Å². The van der Waals surface area contributed by atoms with Crippen molar-refractivity contribution in [3.8, 4) is 5.75 Å². The Bertz CT molecular complexity index is 909. The Balaban J connectivity index is 1.67. The van der Waals surface area contributed by atoms with Crippen LogP contribution in [-0.4, -0.2) is 18.0 Å². The van der Waals surface area contributed by atoms with Crippen LogP contribution in [0.1, 0.15) is 15.9 Å². The molecule has 5 nitrogen and oxygen atoms in total. The van der Waals surface area contributed by atoms with Crippen LogP contribution in [0.25, 0.3) is 0 Å². The van der Waals surface area contributed by atoms with Gasteiger partial charge in [-0.3, -0.25) is 4.79 Å². The van der Waals surface area contributed by atoms with E-state index in [0.29, 0.717) is 27.8 Å². The zero-order chi connectivity index (χ0) is 18.5. The van der Waals surface area contributed by atoms with Gasteiger partial charge in [0.25, 0.3) is 5.91 Å². The Morgan fingerprint density at radius 2 is 1.85 bits per heavy atom. The van der Waals surface area contributed by atoms with Gasteiger partial charge in [0.1, 0.15) is 11.6 Å². The molecule has 3 aromatic rings. The first-order chi connectivity index (χ1) is 12.6. The van der Waals surface area contributed by atoms with Gasteiger partial charge in [-0.1, -0.05) is 17.7 Å². The number of aromatic nitrogens is 1. The van der Waals surface area contributed by atoms with Gasteiger partial charge in [0, 0.05) is 16.3 Å². The van der Waals surface area contributed by atoms with Crippen molar-refractivity contribution < 1.29 is 9.53 Å². The summed E-state index contributed by atoms with van der Waals surface area (Å²) in [6, 6.07) is 16.1. The van der Waals surface area contributed by atoms with Crippen LogP contribution < -0.4 is 15.4 Å². The van der Waals surface area contributed by atoms with Crippen LogP contribution in [-0.2, 0) is 0 Å². The quantitative estimate of drug-likeness (QED) is 0.662. The van der Waals surface area contributed by atoms with Gasteiger partial charge in [0.15, 0.2) is 0 Å². The van der Waals surface area contributed by atoms with Crippen molar-refractivity contribution in [2.24, 2.45) is 0 Å². The highest BCUT2D eigenvalue weighted by Crippen LogP contribution is 2.25. The Hall–Kier alpha value is -3.05. The van der Waals surface area contributed by atoms with Crippen LogP contribution in [0.3, 0.4) is 0 Å². The molecule has 0 aliphatic carbocycles. The van der Waals surface area contributed by atoms with Gasteiger partial charge >= 0.3 is 0 Å². The predicted molar refractivity (Wildman–Crippen MR) is 105 cm³/mol. The van der Waals surface area contributed by atoms with E-state index in [9.17, 15) is 4.79 Å². The monoisotopic (exact) mass is 367 g/mol. The number of amides is 1. The molecule has 3 rings (SSSR count). The number of rotatable bonds is 5. The minimum Gasteiger partial charge on any atom is -0.497 e. The third-order valence-electron chi connectivity index (χ3n) is 3.90. The zero-order valence-electron chi connectivity index (χ0n) is 14.4. The molecule has 1 heterocycles. The smallest absolute Gasteiger partial charge is 0.255 e.